The van der Waals surface area contributed by atoms with Crippen LogP contribution in [0.3, 0.4) is 0 Å². The number of phenols is 1. The molecular weight excluding hydrogens is 312 g/mol. The number of carboxylic acid groups (broad SMARTS) is 1. The number of carbonyl (C=O) groups is 1. The average molecular weight is 349 g/mol. The van der Waals surface area contributed by atoms with Gasteiger partial charge in [0.15, 0.2) is 0 Å². The van der Waals surface area contributed by atoms with Gasteiger partial charge in [0, 0.05) is 0 Å². The van der Waals surface area contributed by atoms with E-state index >= 15 is 0 Å². The van der Waals surface area contributed by atoms with Crippen LogP contribution in [0.1, 0.15) is 90.8 Å². The second kappa shape index (κ2) is 8.25. The Bertz CT molecular complexity index is 553. The lowest BCUT2D eigenvalue weighted by molar-refractivity contribution is -0.142. The predicted octanol–water partition coefficient (Wildman–Crippen LogP) is 5.81. The van der Waals surface area contributed by atoms with E-state index in [2.05, 4.69) is 48.5 Å². The molecule has 1 aromatic rings. The van der Waals surface area contributed by atoms with Crippen molar-refractivity contribution in [2.75, 3.05) is 0 Å². The van der Waals surface area contributed by atoms with Gasteiger partial charge in [-0.25, -0.2) is 0 Å². The summed E-state index contributed by atoms with van der Waals surface area (Å²) in [5, 5.41) is 20.4. The van der Waals surface area contributed by atoms with Crippen molar-refractivity contribution in [3.8, 4) is 5.75 Å². The fraction of sp³-hybridized carbons (Fsp3) is 0.682. The van der Waals surface area contributed by atoms with Crippen LogP contribution in [0.5, 0.6) is 5.75 Å². The molecule has 0 aliphatic heterocycles. The van der Waals surface area contributed by atoms with Crippen molar-refractivity contribution in [3.63, 3.8) is 0 Å². The van der Waals surface area contributed by atoms with Crippen molar-refractivity contribution in [3.05, 3.63) is 28.8 Å². The Morgan fingerprint density at radius 2 is 1.48 bits per heavy atom. The average Bonchev–Trinajstić information content (AvgIpc) is 2.45. The summed E-state index contributed by atoms with van der Waals surface area (Å²) in [5.74, 6) is -0.739. The molecule has 0 bridgehead atoms. The van der Waals surface area contributed by atoms with Gasteiger partial charge in [-0.05, 0) is 40.4 Å². The molecule has 0 aromatic heterocycles. The minimum atomic E-state index is -0.723. The van der Waals surface area contributed by atoms with Crippen LogP contribution in [0.2, 0.25) is 0 Å². The Hall–Kier alpha value is -1.51. The van der Waals surface area contributed by atoms with E-state index in [9.17, 15) is 15.0 Å². The summed E-state index contributed by atoms with van der Waals surface area (Å²) < 4.78 is 0. The third-order valence-corrected chi connectivity index (χ3v) is 4.77. The largest absolute Gasteiger partial charge is 0.507 e. The van der Waals surface area contributed by atoms with E-state index in [0.717, 1.165) is 36.0 Å². The van der Waals surface area contributed by atoms with Crippen LogP contribution < -0.4 is 0 Å². The molecule has 142 valence electrons. The summed E-state index contributed by atoms with van der Waals surface area (Å²) in [4.78, 5) is 11.7. The second-order valence-electron chi connectivity index (χ2n) is 9.27. The first-order chi connectivity index (χ1) is 11.4. The monoisotopic (exact) mass is 348 g/mol. The fourth-order valence-corrected chi connectivity index (χ4v) is 3.19. The van der Waals surface area contributed by atoms with Gasteiger partial charge in [0.1, 0.15) is 5.75 Å². The quantitative estimate of drug-likeness (QED) is 0.611. The third kappa shape index (κ3) is 6.05. The van der Waals surface area contributed by atoms with E-state index in [4.69, 9.17) is 0 Å². The zero-order valence-corrected chi connectivity index (χ0v) is 17.1. The van der Waals surface area contributed by atoms with Crippen molar-refractivity contribution in [2.24, 2.45) is 5.92 Å². The van der Waals surface area contributed by atoms with Crippen LogP contribution in [0.25, 0.3) is 0 Å². The standard InChI is InChI=1S/C22H36O3/c1-8-9-10-11-16(20(24)25)12-15-13-17(21(2,3)4)19(23)18(14-15)22(5,6)7/h13-14,16,23H,8-12H2,1-7H3,(H,24,25). The molecule has 0 fully saturated rings. The second-order valence-corrected chi connectivity index (χ2v) is 9.27. The molecule has 1 rings (SSSR count). The van der Waals surface area contributed by atoms with Gasteiger partial charge >= 0.3 is 5.97 Å². The highest BCUT2D eigenvalue weighted by molar-refractivity contribution is 5.70. The maximum atomic E-state index is 11.7. The molecule has 25 heavy (non-hydrogen) atoms. The van der Waals surface area contributed by atoms with Gasteiger partial charge in [-0.1, -0.05) is 79.9 Å². The molecule has 3 nitrogen and oxygen atoms in total. The van der Waals surface area contributed by atoms with Gasteiger partial charge in [-0.15, -0.1) is 0 Å². The fourth-order valence-electron chi connectivity index (χ4n) is 3.19. The summed E-state index contributed by atoms with van der Waals surface area (Å²) in [6.45, 7) is 14.6. The Morgan fingerprint density at radius 3 is 1.84 bits per heavy atom. The first-order valence-corrected chi connectivity index (χ1v) is 9.47. The Balaban J connectivity index is 3.27. The van der Waals surface area contributed by atoms with E-state index in [1.165, 1.54) is 0 Å². The lowest BCUT2D eigenvalue weighted by Crippen LogP contribution is -2.20. The van der Waals surface area contributed by atoms with Crippen molar-refractivity contribution in [1.29, 1.82) is 0 Å². The molecule has 0 aliphatic carbocycles. The van der Waals surface area contributed by atoms with Crippen LogP contribution in [-0.2, 0) is 22.0 Å². The number of rotatable bonds is 7. The highest BCUT2D eigenvalue weighted by Crippen LogP contribution is 2.40. The highest BCUT2D eigenvalue weighted by atomic mass is 16.4. The van der Waals surface area contributed by atoms with Crippen LogP contribution in [0.15, 0.2) is 12.1 Å². The zero-order chi connectivity index (χ0) is 19.4. The molecule has 0 spiro atoms. The molecule has 1 unspecified atom stereocenters. The van der Waals surface area contributed by atoms with Gasteiger partial charge in [-0.2, -0.15) is 0 Å². The van der Waals surface area contributed by atoms with Gasteiger partial charge in [0.05, 0.1) is 5.92 Å². The molecule has 0 heterocycles. The van der Waals surface area contributed by atoms with Crippen LogP contribution in [0.4, 0.5) is 0 Å². The number of hydrogen-bond acceptors (Lipinski definition) is 2. The Labute approximate surface area is 153 Å². The minimum Gasteiger partial charge on any atom is -0.507 e. The van der Waals surface area contributed by atoms with E-state index in [0.29, 0.717) is 18.6 Å². The minimum absolute atomic E-state index is 0.193. The number of phenolic OH excluding ortho intramolecular Hbond substituents is 1. The number of carboxylic acids is 1. The maximum absolute atomic E-state index is 11.7. The molecule has 0 radical (unpaired) electrons. The SMILES string of the molecule is CCCCCC(Cc1cc(C(C)(C)C)c(O)c(C(C)(C)C)c1)C(=O)O. The number of aliphatic carboxylic acids is 1. The van der Waals surface area contributed by atoms with Crippen molar-refractivity contribution < 1.29 is 15.0 Å². The van der Waals surface area contributed by atoms with Gasteiger partial charge in [-0.3, -0.25) is 4.79 Å². The maximum Gasteiger partial charge on any atom is 0.306 e. The Kier molecular flexibility index (Phi) is 7.10. The Morgan fingerprint density at radius 1 is 1.00 bits per heavy atom. The van der Waals surface area contributed by atoms with Gasteiger partial charge in [0.25, 0.3) is 0 Å². The van der Waals surface area contributed by atoms with Crippen LogP contribution in [0, 0.1) is 5.92 Å². The molecule has 3 heteroatoms. The van der Waals surface area contributed by atoms with Crippen molar-refractivity contribution >= 4 is 5.97 Å². The van der Waals surface area contributed by atoms with E-state index < -0.39 is 5.97 Å². The summed E-state index contributed by atoms with van der Waals surface area (Å²) >= 11 is 0. The molecule has 0 amide bonds. The highest BCUT2D eigenvalue weighted by Gasteiger charge is 2.27. The normalized spacial score (nSPS) is 13.7. The van der Waals surface area contributed by atoms with Crippen molar-refractivity contribution in [2.45, 2.75) is 91.4 Å². The summed E-state index contributed by atoms with van der Waals surface area (Å²) in [7, 11) is 0. The lowest BCUT2D eigenvalue weighted by Gasteiger charge is -2.28. The first-order valence-electron chi connectivity index (χ1n) is 9.47. The lowest BCUT2D eigenvalue weighted by atomic mass is 9.77. The predicted molar refractivity (Wildman–Crippen MR) is 104 cm³/mol. The number of unbranched alkanes of at least 4 members (excludes halogenated alkanes) is 2. The third-order valence-electron chi connectivity index (χ3n) is 4.77. The molecule has 0 aliphatic rings. The molecule has 0 saturated heterocycles. The van der Waals surface area contributed by atoms with Gasteiger partial charge in [0.2, 0.25) is 0 Å². The number of benzene rings is 1. The van der Waals surface area contributed by atoms with E-state index in [1.807, 2.05) is 12.1 Å². The van der Waals surface area contributed by atoms with Crippen molar-refractivity contribution in [1.82, 2.24) is 0 Å². The van der Waals surface area contributed by atoms with E-state index in [1.54, 1.807) is 0 Å². The topological polar surface area (TPSA) is 57.5 Å². The molecule has 1 atom stereocenters. The molecule has 0 saturated carbocycles. The summed E-state index contributed by atoms with van der Waals surface area (Å²) in [6.07, 6.45) is 4.34. The summed E-state index contributed by atoms with van der Waals surface area (Å²) in [6, 6.07) is 4.00. The molecule has 1 aromatic carbocycles. The zero-order valence-electron chi connectivity index (χ0n) is 17.1. The number of aromatic hydroxyl groups is 1. The smallest absolute Gasteiger partial charge is 0.306 e. The first kappa shape index (κ1) is 21.5. The van der Waals surface area contributed by atoms with Crippen LogP contribution >= 0.6 is 0 Å². The van der Waals surface area contributed by atoms with Crippen LogP contribution in [-0.4, -0.2) is 16.2 Å². The molecular formula is C22H36O3. The van der Waals surface area contributed by atoms with Gasteiger partial charge < -0.3 is 10.2 Å². The number of hydrogen-bond donors (Lipinski definition) is 2. The van der Waals surface area contributed by atoms with E-state index in [-0.39, 0.29) is 16.7 Å². The molecule has 2 N–H and O–H groups in total. The summed E-state index contributed by atoms with van der Waals surface area (Å²) in [5.41, 5.74) is 2.42.